The lowest BCUT2D eigenvalue weighted by Gasteiger charge is -2.20. The summed E-state index contributed by atoms with van der Waals surface area (Å²) in [4.78, 5) is 2.25. The molecule has 0 amide bonds. The zero-order valence-corrected chi connectivity index (χ0v) is 11.3. The van der Waals surface area contributed by atoms with Crippen LogP contribution in [0.4, 0.5) is 5.69 Å². The lowest BCUT2D eigenvalue weighted by atomic mass is 10.1. The average Bonchev–Trinajstić information content (AvgIpc) is 2.86. The lowest BCUT2D eigenvalue weighted by Crippen LogP contribution is -2.22. The SMILES string of the molecule is CNC(C)c1ccc(N2CCC(OC)C2)cc1O. The summed E-state index contributed by atoms with van der Waals surface area (Å²) in [6, 6.07) is 6.07. The maximum Gasteiger partial charge on any atom is 0.122 e. The smallest absolute Gasteiger partial charge is 0.122 e. The molecule has 1 aliphatic heterocycles. The number of methoxy groups -OCH3 is 1. The Kier molecular flexibility index (Phi) is 4.09. The molecule has 18 heavy (non-hydrogen) atoms. The van der Waals surface area contributed by atoms with Crippen LogP contribution >= 0.6 is 0 Å². The van der Waals surface area contributed by atoms with Gasteiger partial charge in [-0.3, -0.25) is 0 Å². The van der Waals surface area contributed by atoms with E-state index >= 15 is 0 Å². The lowest BCUT2D eigenvalue weighted by molar-refractivity contribution is 0.121. The minimum atomic E-state index is 0.157. The number of phenolic OH excluding ortho intramolecular Hbond substituents is 1. The first-order chi connectivity index (χ1) is 8.65. The number of anilines is 1. The van der Waals surface area contributed by atoms with E-state index in [1.807, 2.05) is 26.1 Å². The van der Waals surface area contributed by atoms with Crippen LogP contribution in [0.1, 0.15) is 24.9 Å². The Morgan fingerprint density at radius 2 is 2.28 bits per heavy atom. The summed E-state index contributed by atoms with van der Waals surface area (Å²) in [5.41, 5.74) is 2.00. The third-order valence-corrected chi connectivity index (χ3v) is 3.76. The third kappa shape index (κ3) is 2.60. The van der Waals surface area contributed by atoms with Gasteiger partial charge in [0.2, 0.25) is 0 Å². The van der Waals surface area contributed by atoms with Gasteiger partial charge in [-0.05, 0) is 26.5 Å². The van der Waals surface area contributed by atoms with Gasteiger partial charge in [0.15, 0.2) is 0 Å². The molecular formula is C14H22N2O2. The number of nitrogens with one attached hydrogen (secondary N) is 1. The van der Waals surface area contributed by atoms with Crippen molar-refractivity contribution in [1.82, 2.24) is 5.32 Å². The molecule has 4 heteroatoms. The zero-order chi connectivity index (χ0) is 13.1. The van der Waals surface area contributed by atoms with Gasteiger partial charge in [0.25, 0.3) is 0 Å². The molecule has 1 fully saturated rings. The molecule has 0 bridgehead atoms. The molecule has 1 saturated heterocycles. The number of hydrogen-bond acceptors (Lipinski definition) is 4. The second-order valence-corrected chi connectivity index (χ2v) is 4.85. The molecule has 100 valence electrons. The van der Waals surface area contributed by atoms with Crippen LogP contribution in [-0.4, -0.2) is 38.5 Å². The molecule has 1 heterocycles. The molecule has 0 aliphatic carbocycles. The van der Waals surface area contributed by atoms with E-state index in [9.17, 15) is 5.11 Å². The van der Waals surface area contributed by atoms with Crippen LogP contribution in [0.5, 0.6) is 5.75 Å². The topological polar surface area (TPSA) is 44.7 Å². The maximum atomic E-state index is 10.1. The van der Waals surface area contributed by atoms with Crippen molar-refractivity contribution < 1.29 is 9.84 Å². The van der Waals surface area contributed by atoms with Crippen LogP contribution in [-0.2, 0) is 4.74 Å². The van der Waals surface area contributed by atoms with Crippen molar-refractivity contribution in [3.63, 3.8) is 0 Å². The molecule has 4 nitrogen and oxygen atoms in total. The van der Waals surface area contributed by atoms with Gasteiger partial charge in [0, 0.05) is 43.6 Å². The van der Waals surface area contributed by atoms with Crippen molar-refractivity contribution in [1.29, 1.82) is 0 Å². The number of benzene rings is 1. The highest BCUT2D eigenvalue weighted by molar-refractivity contribution is 5.54. The molecule has 0 radical (unpaired) electrons. The first-order valence-electron chi connectivity index (χ1n) is 6.43. The van der Waals surface area contributed by atoms with Crippen LogP contribution in [0, 0.1) is 0 Å². The van der Waals surface area contributed by atoms with Crippen LogP contribution in [0.25, 0.3) is 0 Å². The Morgan fingerprint density at radius 1 is 1.50 bits per heavy atom. The number of ether oxygens (including phenoxy) is 1. The second-order valence-electron chi connectivity index (χ2n) is 4.85. The Labute approximate surface area is 109 Å². The van der Waals surface area contributed by atoms with Crippen LogP contribution < -0.4 is 10.2 Å². The van der Waals surface area contributed by atoms with Gasteiger partial charge in [-0.15, -0.1) is 0 Å². The van der Waals surface area contributed by atoms with Gasteiger partial charge in [0.1, 0.15) is 5.75 Å². The van der Waals surface area contributed by atoms with Crippen LogP contribution in [0.3, 0.4) is 0 Å². The molecule has 2 unspecified atom stereocenters. The standard InChI is InChI=1S/C14H22N2O2/c1-10(15-2)13-5-4-11(8-14(13)17)16-7-6-12(9-16)18-3/h4-5,8,10,12,15,17H,6-7,9H2,1-3H3. The molecular weight excluding hydrogens is 228 g/mol. The fourth-order valence-electron chi connectivity index (χ4n) is 2.41. The number of aromatic hydroxyl groups is 1. The summed E-state index contributed by atoms with van der Waals surface area (Å²) in [5, 5.41) is 13.2. The zero-order valence-electron chi connectivity index (χ0n) is 11.3. The van der Waals surface area contributed by atoms with E-state index in [-0.39, 0.29) is 6.04 Å². The van der Waals surface area contributed by atoms with E-state index in [2.05, 4.69) is 16.3 Å². The number of hydrogen-bond donors (Lipinski definition) is 2. The van der Waals surface area contributed by atoms with Crippen LogP contribution in [0.15, 0.2) is 18.2 Å². The maximum absolute atomic E-state index is 10.1. The highest BCUT2D eigenvalue weighted by Crippen LogP contribution is 2.30. The Morgan fingerprint density at radius 3 is 2.83 bits per heavy atom. The Hall–Kier alpha value is -1.26. The first-order valence-corrected chi connectivity index (χ1v) is 6.43. The molecule has 0 spiro atoms. The van der Waals surface area contributed by atoms with Gasteiger partial charge < -0.3 is 20.1 Å². The predicted molar refractivity (Wildman–Crippen MR) is 73.2 cm³/mol. The van der Waals surface area contributed by atoms with E-state index in [0.717, 1.165) is 30.8 Å². The van der Waals surface area contributed by atoms with E-state index in [1.165, 1.54) is 0 Å². The summed E-state index contributed by atoms with van der Waals surface area (Å²) in [6.45, 7) is 3.92. The molecule has 2 N–H and O–H groups in total. The second kappa shape index (κ2) is 5.59. The van der Waals surface area contributed by atoms with Crippen molar-refractivity contribution in [3.05, 3.63) is 23.8 Å². The first kappa shape index (κ1) is 13.2. The molecule has 1 aromatic rings. The molecule has 1 aliphatic rings. The Bertz CT molecular complexity index is 409. The van der Waals surface area contributed by atoms with Crippen molar-refractivity contribution in [3.8, 4) is 5.75 Å². The summed E-state index contributed by atoms with van der Waals surface area (Å²) in [7, 11) is 3.64. The van der Waals surface area contributed by atoms with Crippen molar-refractivity contribution in [2.45, 2.75) is 25.5 Å². The van der Waals surface area contributed by atoms with E-state index in [4.69, 9.17) is 4.74 Å². The fraction of sp³-hybridized carbons (Fsp3) is 0.571. The van der Waals surface area contributed by atoms with Gasteiger partial charge in [-0.1, -0.05) is 6.07 Å². The van der Waals surface area contributed by atoms with E-state index in [1.54, 1.807) is 7.11 Å². The molecule has 0 saturated carbocycles. The van der Waals surface area contributed by atoms with Gasteiger partial charge in [0.05, 0.1) is 6.10 Å². The van der Waals surface area contributed by atoms with Gasteiger partial charge >= 0.3 is 0 Å². The minimum absolute atomic E-state index is 0.157. The van der Waals surface area contributed by atoms with Gasteiger partial charge in [-0.2, -0.15) is 0 Å². The van der Waals surface area contributed by atoms with E-state index < -0.39 is 0 Å². The predicted octanol–water partition coefficient (Wildman–Crippen LogP) is 1.90. The quantitative estimate of drug-likeness (QED) is 0.856. The number of rotatable bonds is 4. The monoisotopic (exact) mass is 250 g/mol. The fourth-order valence-corrected chi connectivity index (χ4v) is 2.41. The highest BCUT2D eigenvalue weighted by Gasteiger charge is 2.23. The number of nitrogens with zero attached hydrogens (tertiary/aromatic N) is 1. The highest BCUT2D eigenvalue weighted by atomic mass is 16.5. The molecule has 1 aromatic carbocycles. The molecule has 2 atom stereocenters. The number of phenols is 1. The van der Waals surface area contributed by atoms with E-state index in [0.29, 0.717) is 11.9 Å². The van der Waals surface area contributed by atoms with Crippen molar-refractivity contribution in [2.75, 3.05) is 32.1 Å². The normalized spacial score (nSPS) is 21.3. The third-order valence-electron chi connectivity index (χ3n) is 3.76. The Balaban J connectivity index is 2.14. The van der Waals surface area contributed by atoms with Crippen LogP contribution in [0.2, 0.25) is 0 Å². The van der Waals surface area contributed by atoms with Crippen molar-refractivity contribution in [2.24, 2.45) is 0 Å². The molecule has 0 aromatic heterocycles. The van der Waals surface area contributed by atoms with Gasteiger partial charge in [-0.25, -0.2) is 0 Å². The molecule has 2 rings (SSSR count). The summed E-state index contributed by atoms with van der Waals surface area (Å²) in [5.74, 6) is 0.357. The largest absolute Gasteiger partial charge is 0.508 e. The summed E-state index contributed by atoms with van der Waals surface area (Å²) in [6.07, 6.45) is 1.36. The van der Waals surface area contributed by atoms with Crippen molar-refractivity contribution >= 4 is 5.69 Å². The summed E-state index contributed by atoms with van der Waals surface area (Å²) >= 11 is 0. The minimum Gasteiger partial charge on any atom is -0.508 e. The average molecular weight is 250 g/mol. The summed E-state index contributed by atoms with van der Waals surface area (Å²) < 4.78 is 5.36.